The molecule has 0 spiro atoms. The van der Waals surface area contributed by atoms with Crippen LogP contribution < -0.4 is 4.74 Å². The van der Waals surface area contributed by atoms with Gasteiger partial charge in [0, 0.05) is 29.9 Å². The molecule has 3 rings (SSSR count). The van der Waals surface area contributed by atoms with Crippen LogP contribution in [0.15, 0.2) is 53.4 Å². The molecule has 0 aliphatic heterocycles. The lowest BCUT2D eigenvalue weighted by Gasteiger charge is -2.12. The van der Waals surface area contributed by atoms with Crippen LogP contribution in [0.2, 0.25) is 0 Å². The number of nitrogens with one attached hydrogen (secondary N) is 1. The fourth-order valence-corrected chi connectivity index (χ4v) is 2.36. The molecule has 4 nitrogen and oxygen atoms in total. The monoisotopic (exact) mass is 268 g/mol. The van der Waals surface area contributed by atoms with Crippen LogP contribution in [0.1, 0.15) is 11.4 Å². The molecule has 1 N–H and O–H groups in total. The molecule has 0 saturated carbocycles. The number of aryl methyl sites for hydroxylation is 1. The van der Waals surface area contributed by atoms with Crippen LogP contribution in [0, 0.1) is 0 Å². The summed E-state index contributed by atoms with van der Waals surface area (Å²) in [5, 5.41) is 0. The third-order valence-corrected chi connectivity index (χ3v) is 3.31. The van der Waals surface area contributed by atoms with Gasteiger partial charge in [0.1, 0.15) is 17.3 Å². The first-order chi connectivity index (χ1) is 9.88. The molecule has 0 aliphatic carbocycles. The van der Waals surface area contributed by atoms with Gasteiger partial charge in [-0.1, -0.05) is 12.1 Å². The van der Waals surface area contributed by atoms with Crippen LogP contribution in [-0.2, 0) is 12.8 Å². The van der Waals surface area contributed by atoms with E-state index in [0.29, 0.717) is 0 Å². The van der Waals surface area contributed by atoms with E-state index in [1.165, 1.54) is 0 Å². The highest BCUT2D eigenvalue weighted by Crippen LogP contribution is 2.31. The molecule has 0 fully saturated rings. The molecule has 20 heavy (non-hydrogen) atoms. The van der Waals surface area contributed by atoms with E-state index in [4.69, 9.17) is 9.15 Å². The smallest absolute Gasteiger partial charge is 0.134 e. The standard InChI is InChI=1S/C16H16N2O2/c1-19-14-5-2-4-12(15-6-3-11-20-15)13(14)7-8-16-17-9-10-18-16/h2-6,9-11H,7-8H2,1H3,(H,17,18). The second kappa shape index (κ2) is 5.65. The zero-order valence-electron chi connectivity index (χ0n) is 11.3. The van der Waals surface area contributed by atoms with E-state index in [1.54, 1.807) is 19.6 Å². The summed E-state index contributed by atoms with van der Waals surface area (Å²) in [5.41, 5.74) is 2.21. The lowest BCUT2D eigenvalue weighted by molar-refractivity contribution is 0.409. The molecule has 0 atom stereocenters. The first kappa shape index (κ1) is 12.5. The van der Waals surface area contributed by atoms with E-state index < -0.39 is 0 Å². The topological polar surface area (TPSA) is 51.1 Å². The Kier molecular flexibility index (Phi) is 3.54. The van der Waals surface area contributed by atoms with Gasteiger partial charge in [-0.15, -0.1) is 0 Å². The van der Waals surface area contributed by atoms with E-state index in [9.17, 15) is 0 Å². The number of nitrogens with zero attached hydrogens (tertiary/aromatic N) is 1. The van der Waals surface area contributed by atoms with Gasteiger partial charge in [0.25, 0.3) is 0 Å². The summed E-state index contributed by atoms with van der Waals surface area (Å²) >= 11 is 0. The van der Waals surface area contributed by atoms with Gasteiger partial charge in [-0.05, 0) is 24.6 Å². The second-order valence-corrected chi connectivity index (χ2v) is 4.50. The number of hydrogen-bond donors (Lipinski definition) is 1. The highest BCUT2D eigenvalue weighted by atomic mass is 16.5. The average Bonchev–Trinajstić information content (AvgIpc) is 3.17. The van der Waals surface area contributed by atoms with Gasteiger partial charge < -0.3 is 14.1 Å². The minimum Gasteiger partial charge on any atom is -0.496 e. The van der Waals surface area contributed by atoms with E-state index in [-0.39, 0.29) is 0 Å². The van der Waals surface area contributed by atoms with Crippen molar-refractivity contribution < 1.29 is 9.15 Å². The zero-order valence-corrected chi connectivity index (χ0v) is 11.3. The van der Waals surface area contributed by atoms with Gasteiger partial charge in [-0.2, -0.15) is 0 Å². The number of rotatable bonds is 5. The summed E-state index contributed by atoms with van der Waals surface area (Å²) in [6.45, 7) is 0. The molecule has 0 bridgehead atoms. The Labute approximate surface area is 117 Å². The lowest BCUT2D eigenvalue weighted by atomic mass is 9.99. The summed E-state index contributed by atoms with van der Waals surface area (Å²) < 4.78 is 11.0. The first-order valence-corrected chi connectivity index (χ1v) is 6.56. The number of H-pyrrole nitrogens is 1. The molecule has 0 unspecified atom stereocenters. The molecule has 3 aromatic rings. The van der Waals surface area contributed by atoms with Crippen LogP contribution >= 0.6 is 0 Å². The average molecular weight is 268 g/mol. The van der Waals surface area contributed by atoms with Gasteiger partial charge >= 0.3 is 0 Å². The lowest BCUT2D eigenvalue weighted by Crippen LogP contribution is -1.99. The summed E-state index contributed by atoms with van der Waals surface area (Å²) in [5.74, 6) is 2.71. The fraction of sp³-hybridized carbons (Fsp3) is 0.188. The van der Waals surface area contributed by atoms with Gasteiger partial charge in [-0.25, -0.2) is 4.98 Å². The molecule has 2 aromatic heterocycles. The Hall–Kier alpha value is -2.49. The quantitative estimate of drug-likeness (QED) is 0.771. The zero-order chi connectivity index (χ0) is 13.8. The van der Waals surface area contributed by atoms with E-state index in [0.717, 1.165) is 41.3 Å². The molecule has 0 aliphatic rings. The van der Waals surface area contributed by atoms with Crippen molar-refractivity contribution in [3.63, 3.8) is 0 Å². The molecule has 1 aromatic carbocycles. The van der Waals surface area contributed by atoms with Crippen molar-refractivity contribution in [2.45, 2.75) is 12.8 Å². The molecule has 102 valence electrons. The normalized spacial score (nSPS) is 10.7. The minimum absolute atomic E-state index is 0.834. The summed E-state index contributed by atoms with van der Waals surface area (Å²) in [6.07, 6.45) is 6.97. The number of methoxy groups -OCH3 is 1. The predicted molar refractivity (Wildman–Crippen MR) is 76.7 cm³/mol. The molecule has 0 amide bonds. The minimum atomic E-state index is 0.834. The third kappa shape index (κ3) is 2.45. The number of hydrogen-bond acceptors (Lipinski definition) is 3. The molecule has 2 heterocycles. The number of ether oxygens (including phenoxy) is 1. The van der Waals surface area contributed by atoms with Crippen LogP contribution in [0.3, 0.4) is 0 Å². The van der Waals surface area contributed by atoms with Crippen LogP contribution in [-0.4, -0.2) is 17.1 Å². The van der Waals surface area contributed by atoms with Crippen molar-refractivity contribution in [2.75, 3.05) is 7.11 Å². The molecular weight excluding hydrogens is 252 g/mol. The first-order valence-electron chi connectivity index (χ1n) is 6.56. The number of benzene rings is 1. The third-order valence-electron chi connectivity index (χ3n) is 3.31. The second-order valence-electron chi connectivity index (χ2n) is 4.50. The van der Waals surface area contributed by atoms with Crippen LogP contribution in [0.5, 0.6) is 5.75 Å². The fourth-order valence-electron chi connectivity index (χ4n) is 2.36. The number of aromatic amines is 1. The number of aromatic nitrogens is 2. The van der Waals surface area contributed by atoms with Gasteiger partial charge in [-0.3, -0.25) is 0 Å². The molecule has 4 heteroatoms. The van der Waals surface area contributed by atoms with Crippen molar-refractivity contribution in [3.05, 3.63) is 60.4 Å². The Morgan fingerprint density at radius 2 is 2.15 bits per heavy atom. The summed E-state index contributed by atoms with van der Waals surface area (Å²) in [6, 6.07) is 9.87. The molecule has 0 radical (unpaired) electrons. The molecular formula is C16H16N2O2. The highest BCUT2D eigenvalue weighted by Gasteiger charge is 2.13. The largest absolute Gasteiger partial charge is 0.496 e. The predicted octanol–water partition coefficient (Wildman–Crippen LogP) is 3.46. The van der Waals surface area contributed by atoms with Crippen LogP contribution in [0.25, 0.3) is 11.3 Å². The SMILES string of the molecule is COc1cccc(-c2ccco2)c1CCc1ncc[nH]1. The van der Waals surface area contributed by atoms with Crippen molar-refractivity contribution >= 4 is 0 Å². The maximum atomic E-state index is 5.52. The highest BCUT2D eigenvalue weighted by molar-refractivity contribution is 5.65. The Morgan fingerprint density at radius 3 is 2.85 bits per heavy atom. The van der Waals surface area contributed by atoms with Crippen LogP contribution in [0.4, 0.5) is 0 Å². The maximum absolute atomic E-state index is 5.52. The Balaban J connectivity index is 1.94. The maximum Gasteiger partial charge on any atom is 0.134 e. The summed E-state index contributed by atoms with van der Waals surface area (Å²) in [4.78, 5) is 7.38. The van der Waals surface area contributed by atoms with Crippen molar-refractivity contribution in [1.82, 2.24) is 9.97 Å². The van der Waals surface area contributed by atoms with E-state index >= 15 is 0 Å². The summed E-state index contributed by atoms with van der Waals surface area (Å²) in [7, 11) is 1.69. The van der Waals surface area contributed by atoms with E-state index in [2.05, 4.69) is 16.0 Å². The van der Waals surface area contributed by atoms with Crippen molar-refractivity contribution in [2.24, 2.45) is 0 Å². The van der Waals surface area contributed by atoms with E-state index in [1.807, 2.05) is 30.5 Å². The molecule has 0 saturated heterocycles. The Bertz CT molecular complexity index is 658. The van der Waals surface area contributed by atoms with Gasteiger partial charge in [0.2, 0.25) is 0 Å². The number of furan rings is 1. The van der Waals surface area contributed by atoms with Crippen molar-refractivity contribution in [1.29, 1.82) is 0 Å². The van der Waals surface area contributed by atoms with Crippen molar-refractivity contribution in [3.8, 4) is 17.1 Å². The Morgan fingerprint density at radius 1 is 1.20 bits per heavy atom. The van der Waals surface area contributed by atoms with Gasteiger partial charge in [0.05, 0.1) is 13.4 Å². The number of imidazole rings is 1. The van der Waals surface area contributed by atoms with Gasteiger partial charge in [0.15, 0.2) is 0 Å².